The quantitative estimate of drug-likeness (QED) is 0.733. The third-order valence-electron chi connectivity index (χ3n) is 2.89. The fourth-order valence-electron chi connectivity index (χ4n) is 1.71. The molecule has 0 aromatic heterocycles. The highest BCUT2D eigenvalue weighted by Crippen LogP contribution is 2.24. The van der Waals surface area contributed by atoms with Crippen LogP contribution in [-0.4, -0.2) is 46.7 Å². The van der Waals surface area contributed by atoms with Crippen LogP contribution in [0.15, 0.2) is 0 Å². The molecule has 5 heteroatoms. The molecular weight excluding hydrogens is 212 g/mol. The van der Waals surface area contributed by atoms with Gasteiger partial charge in [-0.05, 0) is 33.6 Å². The van der Waals surface area contributed by atoms with Crippen molar-refractivity contribution in [3.8, 4) is 0 Å². The zero-order valence-corrected chi connectivity index (χ0v) is 9.92. The number of carboxylic acids is 1. The summed E-state index contributed by atoms with van der Waals surface area (Å²) in [5.41, 5.74) is 0. The van der Waals surface area contributed by atoms with E-state index in [2.05, 4.69) is 0 Å². The summed E-state index contributed by atoms with van der Waals surface area (Å²) < 4.78 is 10.8. The first kappa shape index (κ1) is 13.4. The van der Waals surface area contributed by atoms with Crippen LogP contribution in [-0.2, 0) is 14.3 Å². The standard InChI is InChI=1S/C11H20O5/c1-6-4-5-9(15-6)10(11(13)14)16-8(3)7(2)12/h6-10,12H,4-5H2,1-3H3,(H,13,14). The summed E-state index contributed by atoms with van der Waals surface area (Å²) in [5.74, 6) is -1.04. The molecule has 0 spiro atoms. The van der Waals surface area contributed by atoms with E-state index in [1.165, 1.54) is 0 Å². The van der Waals surface area contributed by atoms with Crippen LogP contribution in [0.4, 0.5) is 0 Å². The number of ether oxygens (including phenoxy) is 2. The molecule has 0 radical (unpaired) electrons. The zero-order valence-electron chi connectivity index (χ0n) is 9.92. The van der Waals surface area contributed by atoms with Gasteiger partial charge in [0.25, 0.3) is 0 Å². The minimum absolute atomic E-state index is 0.0808. The van der Waals surface area contributed by atoms with E-state index in [1.807, 2.05) is 6.92 Å². The van der Waals surface area contributed by atoms with E-state index in [1.54, 1.807) is 13.8 Å². The van der Waals surface area contributed by atoms with Gasteiger partial charge in [-0.15, -0.1) is 0 Å². The van der Waals surface area contributed by atoms with Crippen molar-refractivity contribution in [2.45, 2.75) is 64.1 Å². The topological polar surface area (TPSA) is 76.0 Å². The van der Waals surface area contributed by atoms with Crippen LogP contribution < -0.4 is 0 Å². The number of hydrogen-bond donors (Lipinski definition) is 2. The predicted molar refractivity (Wildman–Crippen MR) is 57.2 cm³/mol. The smallest absolute Gasteiger partial charge is 0.335 e. The van der Waals surface area contributed by atoms with Gasteiger partial charge in [-0.2, -0.15) is 0 Å². The molecule has 1 fully saturated rings. The molecular formula is C11H20O5. The lowest BCUT2D eigenvalue weighted by Crippen LogP contribution is -2.41. The molecule has 0 amide bonds. The number of carboxylic acid groups (broad SMARTS) is 1. The Morgan fingerprint density at radius 2 is 2.06 bits per heavy atom. The third-order valence-corrected chi connectivity index (χ3v) is 2.89. The Balaban J connectivity index is 2.57. The van der Waals surface area contributed by atoms with Gasteiger partial charge < -0.3 is 19.7 Å². The van der Waals surface area contributed by atoms with Gasteiger partial charge in [0.15, 0.2) is 6.10 Å². The Morgan fingerprint density at radius 1 is 1.44 bits per heavy atom. The minimum atomic E-state index is -1.04. The summed E-state index contributed by atoms with van der Waals surface area (Å²) in [4.78, 5) is 11.1. The fraction of sp³-hybridized carbons (Fsp3) is 0.909. The van der Waals surface area contributed by atoms with Crippen LogP contribution >= 0.6 is 0 Å². The summed E-state index contributed by atoms with van der Waals surface area (Å²) in [6, 6.07) is 0. The summed E-state index contributed by atoms with van der Waals surface area (Å²) >= 11 is 0. The molecule has 5 atom stereocenters. The summed E-state index contributed by atoms with van der Waals surface area (Å²) in [7, 11) is 0. The Bertz CT molecular complexity index is 241. The van der Waals surface area contributed by atoms with Gasteiger partial charge in [0, 0.05) is 0 Å². The van der Waals surface area contributed by atoms with Gasteiger partial charge in [0.05, 0.1) is 24.4 Å². The first-order chi connectivity index (χ1) is 7.41. The molecule has 5 nitrogen and oxygen atoms in total. The van der Waals surface area contributed by atoms with Crippen molar-refractivity contribution >= 4 is 5.97 Å². The fourth-order valence-corrected chi connectivity index (χ4v) is 1.71. The molecule has 1 saturated heterocycles. The second kappa shape index (κ2) is 5.61. The van der Waals surface area contributed by atoms with Crippen LogP contribution in [0.5, 0.6) is 0 Å². The monoisotopic (exact) mass is 232 g/mol. The highest BCUT2D eigenvalue weighted by molar-refractivity contribution is 5.73. The molecule has 0 aliphatic carbocycles. The molecule has 2 N–H and O–H groups in total. The third kappa shape index (κ3) is 3.43. The second-order valence-corrected chi connectivity index (χ2v) is 4.40. The maximum atomic E-state index is 11.1. The van der Waals surface area contributed by atoms with Crippen LogP contribution in [0.1, 0.15) is 33.6 Å². The van der Waals surface area contributed by atoms with Gasteiger partial charge >= 0.3 is 5.97 Å². The number of hydrogen-bond acceptors (Lipinski definition) is 4. The lowest BCUT2D eigenvalue weighted by atomic mass is 10.1. The summed E-state index contributed by atoms with van der Waals surface area (Å²) in [6.45, 7) is 5.14. The van der Waals surface area contributed by atoms with Crippen LogP contribution in [0.25, 0.3) is 0 Å². The van der Waals surface area contributed by atoms with Crippen molar-refractivity contribution in [3.63, 3.8) is 0 Å². The molecule has 0 saturated carbocycles. The van der Waals surface area contributed by atoms with E-state index in [9.17, 15) is 9.90 Å². The Morgan fingerprint density at radius 3 is 2.44 bits per heavy atom. The largest absolute Gasteiger partial charge is 0.479 e. The van der Waals surface area contributed by atoms with E-state index < -0.39 is 30.4 Å². The highest BCUT2D eigenvalue weighted by atomic mass is 16.6. The van der Waals surface area contributed by atoms with E-state index in [0.717, 1.165) is 6.42 Å². The van der Waals surface area contributed by atoms with Crippen molar-refractivity contribution in [3.05, 3.63) is 0 Å². The summed E-state index contributed by atoms with van der Waals surface area (Å²) in [6.07, 6.45) is -0.993. The Kier molecular flexibility index (Phi) is 4.70. The molecule has 94 valence electrons. The Labute approximate surface area is 95.4 Å². The van der Waals surface area contributed by atoms with Gasteiger partial charge in [-0.1, -0.05) is 0 Å². The number of rotatable bonds is 5. The SMILES string of the molecule is CC1CCC(C(OC(C)C(C)O)C(=O)O)O1. The van der Waals surface area contributed by atoms with Crippen LogP contribution in [0.2, 0.25) is 0 Å². The molecule has 1 aliphatic heterocycles. The van der Waals surface area contributed by atoms with Crippen molar-refractivity contribution in [2.75, 3.05) is 0 Å². The molecule has 16 heavy (non-hydrogen) atoms. The first-order valence-electron chi connectivity index (χ1n) is 5.63. The molecule has 1 rings (SSSR count). The molecule has 1 heterocycles. The molecule has 5 unspecified atom stereocenters. The van der Waals surface area contributed by atoms with E-state index in [0.29, 0.717) is 6.42 Å². The number of aliphatic hydroxyl groups is 1. The van der Waals surface area contributed by atoms with Crippen molar-refractivity contribution in [1.29, 1.82) is 0 Å². The van der Waals surface area contributed by atoms with Gasteiger partial charge in [-0.3, -0.25) is 0 Å². The van der Waals surface area contributed by atoms with Crippen LogP contribution in [0, 0.1) is 0 Å². The van der Waals surface area contributed by atoms with E-state index >= 15 is 0 Å². The van der Waals surface area contributed by atoms with Crippen molar-refractivity contribution in [2.24, 2.45) is 0 Å². The van der Waals surface area contributed by atoms with E-state index in [-0.39, 0.29) is 6.10 Å². The molecule has 0 bridgehead atoms. The lowest BCUT2D eigenvalue weighted by molar-refractivity contribution is -0.171. The zero-order chi connectivity index (χ0) is 12.3. The first-order valence-corrected chi connectivity index (χ1v) is 5.63. The van der Waals surface area contributed by atoms with E-state index in [4.69, 9.17) is 14.6 Å². The average molecular weight is 232 g/mol. The highest BCUT2D eigenvalue weighted by Gasteiger charge is 2.36. The van der Waals surface area contributed by atoms with Crippen molar-refractivity contribution < 1.29 is 24.5 Å². The number of aliphatic hydroxyl groups excluding tert-OH is 1. The average Bonchev–Trinajstić information content (AvgIpc) is 2.59. The van der Waals surface area contributed by atoms with Gasteiger partial charge in [0.1, 0.15) is 0 Å². The molecule has 0 aromatic rings. The number of carbonyl (C=O) groups is 1. The van der Waals surface area contributed by atoms with Gasteiger partial charge in [-0.25, -0.2) is 4.79 Å². The molecule has 1 aliphatic rings. The van der Waals surface area contributed by atoms with Crippen molar-refractivity contribution in [1.82, 2.24) is 0 Å². The molecule has 0 aromatic carbocycles. The van der Waals surface area contributed by atoms with Crippen LogP contribution in [0.3, 0.4) is 0 Å². The lowest BCUT2D eigenvalue weighted by Gasteiger charge is -2.25. The van der Waals surface area contributed by atoms with Gasteiger partial charge in [0.2, 0.25) is 0 Å². The predicted octanol–water partition coefficient (Wildman–Crippen LogP) is 0.793. The Hall–Kier alpha value is -0.650. The maximum Gasteiger partial charge on any atom is 0.335 e. The normalized spacial score (nSPS) is 31.0. The minimum Gasteiger partial charge on any atom is -0.479 e. The maximum absolute atomic E-state index is 11.1. The number of aliphatic carboxylic acids is 1. The second-order valence-electron chi connectivity index (χ2n) is 4.40. The summed E-state index contributed by atoms with van der Waals surface area (Å²) in [5, 5.41) is 18.4.